The Hall–Kier alpha value is -1.71. The number of nitrogens with zero attached hydrogens (tertiary/aromatic N) is 3. The van der Waals surface area contributed by atoms with Crippen LogP contribution in [0.1, 0.15) is 17.4 Å². The minimum atomic E-state index is -0.0291. The molecule has 0 bridgehead atoms. The third-order valence-corrected chi connectivity index (χ3v) is 2.01. The van der Waals surface area contributed by atoms with E-state index in [0.717, 1.165) is 10.9 Å². The fourth-order valence-electron chi connectivity index (χ4n) is 1.36. The summed E-state index contributed by atoms with van der Waals surface area (Å²) in [6.45, 7) is 1.51. The zero-order valence-electron chi connectivity index (χ0n) is 7.48. The second kappa shape index (κ2) is 2.65. The van der Waals surface area contributed by atoms with Crippen LogP contribution in [-0.2, 0) is 7.05 Å². The van der Waals surface area contributed by atoms with Crippen molar-refractivity contribution in [3.63, 3.8) is 0 Å². The van der Waals surface area contributed by atoms with E-state index in [9.17, 15) is 4.79 Å². The van der Waals surface area contributed by atoms with Crippen molar-refractivity contribution in [1.29, 1.82) is 0 Å². The zero-order valence-corrected chi connectivity index (χ0v) is 7.48. The van der Waals surface area contributed by atoms with Crippen LogP contribution < -0.4 is 0 Å². The van der Waals surface area contributed by atoms with Crippen molar-refractivity contribution >= 4 is 16.7 Å². The summed E-state index contributed by atoms with van der Waals surface area (Å²) in [5, 5.41) is 4.88. The van der Waals surface area contributed by atoms with Gasteiger partial charge in [-0.2, -0.15) is 5.10 Å². The maximum Gasteiger partial charge on any atom is 0.178 e. The lowest BCUT2D eigenvalue weighted by Gasteiger charge is -1.96. The number of rotatable bonds is 1. The molecule has 0 unspecified atom stereocenters. The number of fused-ring (bicyclic) bond motifs is 1. The average molecular weight is 175 g/mol. The van der Waals surface area contributed by atoms with Gasteiger partial charge in [-0.25, -0.2) is 0 Å². The number of hydrogen-bond acceptors (Lipinski definition) is 3. The van der Waals surface area contributed by atoms with Gasteiger partial charge in [0.15, 0.2) is 5.78 Å². The van der Waals surface area contributed by atoms with Crippen LogP contribution >= 0.6 is 0 Å². The van der Waals surface area contributed by atoms with Crippen molar-refractivity contribution < 1.29 is 4.79 Å². The van der Waals surface area contributed by atoms with Crippen LogP contribution in [-0.4, -0.2) is 20.5 Å². The molecule has 0 radical (unpaired) electrons. The van der Waals surface area contributed by atoms with E-state index in [1.54, 1.807) is 17.1 Å². The minimum Gasteiger partial charge on any atom is -0.293 e. The molecule has 0 atom stereocenters. The molecule has 4 heteroatoms. The first-order valence-electron chi connectivity index (χ1n) is 3.98. The first kappa shape index (κ1) is 7.91. The molecule has 0 aliphatic rings. The Bertz CT molecular complexity index is 473. The first-order chi connectivity index (χ1) is 6.20. The van der Waals surface area contributed by atoms with E-state index in [2.05, 4.69) is 10.1 Å². The van der Waals surface area contributed by atoms with Gasteiger partial charge in [-0.3, -0.25) is 14.5 Å². The van der Waals surface area contributed by atoms with Gasteiger partial charge in [0.25, 0.3) is 0 Å². The van der Waals surface area contributed by atoms with Crippen LogP contribution in [0, 0.1) is 0 Å². The molecule has 4 nitrogen and oxygen atoms in total. The summed E-state index contributed by atoms with van der Waals surface area (Å²) in [5.74, 6) is -0.0291. The Morgan fingerprint density at radius 1 is 1.54 bits per heavy atom. The molecule has 0 N–H and O–H groups in total. The van der Waals surface area contributed by atoms with Gasteiger partial charge in [0, 0.05) is 25.6 Å². The van der Waals surface area contributed by atoms with E-state index in [-0.39, 0.29) is 5.78 Å². The largest absolute Gasteiger partial charge is 0.293 e. The van der Waals surface area contributed by atoms with Gasteiger partial charge in [0.1, 0.15) is 5.69 Å². The minimum absolute atomic E-state index is 0.0291. The molecule has 0 fully saturated rings. The Balaban J connectivity index is 2.84. The van der Waals surface area contributed by atoms with Gasteiger partial charge < -0.3 is 0 Å². The van der Waals surface area contributed by atoms with E-state index < -0.39 is 0 Å². The molecule has 0 spiro atoms. The molecule has 66 valence electrons. The van der Waals surface area contributed by atoms with Crippen LogP contribution in [0.25, 0.3) is 10.9 Å². The monoisotopic (exact) mass is 175 g/mol. The van der Waals surface area contributed by atoms with Crippen LogP contribution in [0.4, 0.5) is 0 Å². The van der Waals surface area contributed by atoms with Crippen molar-refractivity contribution in [2.75, 3.05) is 0 Å². The van der Waals surface area contributed by atoms with E-state index in [4.69, 9.17) is 0 Å². The molecule has 0 saturated heterocycles. The molecule has 2 aromatic rings. The second-order valence-electron chi connectivity index (χ2n) is 2.92. The lowest BCUT2D eigenvalue weighted by molar-refractivity contribution is 0.101. The molecule has 0 saturated carbocycles. The number of aryl methyl sites for hydroxylation is 1. The molecule has 0 aromatic carbocycles. The number of carbonyl (C=O) groups is 1. The maximum atomic E-state index is 11.2. The Kier molecular flexibility index (Phi) is 1.62. The van der Waals surface area contributed by atoms with Crippen molar-refractivity contribution in [3.8, 4) is 0 Å². The average Bonchev–Trinajstić information content (AvgIpc) is 2.48. The third-order valence-electron chi connectivity index (χ3n) is 2.01. The van der Waals surface area contributed by atoms with Gasteiger partial charge in [0.05, 0.1) is 11.7 Å². The SMILES string of the molecule is CC(=O)c1nccc2c1cnn2C. The molecule has 2 aromatic heterocycles. The van der Waals surface area contributed by atoms with Crippen LogP contribution in [0.5, 0.6) is 0 Å². The highest BCUT2D eigenvalue weighted by Crippen LogP contribution is 2.15. The number of pyridine rings is 1. The second-order valence-corrected chi connectivity index (χ2v) is 2.92. The molecular weight excluding hydrogens is 166 g/mol. The Morgan fingerprint density at radius 3 is 3.00 bits per heavy atom. The van der Waals surface area contributed by atoms with Crippen molar-refractivity contribution in [3.05, 3.63) is 24.2 Å². The van der Waals surface area contributed by atoms with E-state index in [0.29, 0.717) is 5.69 Å². The summed E-state index contributed by atoms with van der Waals surface area (Å²) in [6, 6.07) is 1.84. The molecule has 0 amide bonds. The van der Waals surface area contributed by atoms with Gasteiger partial charge in [0.2, 0.25) is 0 Å². The van der Waals surface area contributed by atoms with Crippen LogP contribution in [0.3, 0.4) is 0 Å². The van der Waals surface area contributed by atoms with Crippen LogP contribution in [0.2, 0.25) is 0 Å². The van der Waals surface area contributed by atoms with Crippen molar-refractivity contribution in [2.24, 2.45) is 7.05 Å². The van der Waals surface area contributed by atoms with Gasteiger partial charge in [-0.1, -0.05) is 0 Å². The highest BCUT2D eigenvalue weighted by molar-refractivity contribution is 6.04. The molecule has 2 rings (SSSR count). The fraction of sp³-hybridized carbons (Fsp3) is 0.222. The third kappa shape index (κ3) is 1.11. The van der Waals surface area contributed by atoms with E-state index >= 15 is 0 Å². The molecule has 0 aliphatic heterocycles. The number of carbonyl (C=O) groups excluding carboxylic acids is 1. The predicted octanol–water partition coefficient (Wildman–Crippen LogP) is 1.17. The molecule has 13 heavy (non-hydrogen) atoms. The maximum absolute atomic E-state index is 11.2. The summed E-state index contributed by atoms with van der Waals surface area (Å²) < 4.78 is 1.73. The molecule has 2 heterocycles. The molecular formula is C9H9N3O. The summed E-state index contributed by atoms with van der Waals surface area (Å²) in [6.07, 6.45) is 3.29. The predicted molar refractivity (Wildman–Crippen MR) is 48.5 cm³/mol. The molecule has 0 aliphatic carbocycles. The quantitative estimate of drug-likeness (QED) is 0.611. The summed E-state index contributed by atoms with van der Waals surface area (Å²) in [4.78, 5) is 15.2. The smallest absolute Gasteiger partial charge is 0.178 e. The lowest BCUT2D eigenvalue weighted by atomic mass is 10.2. The lowest BCUT2D eigenvalue weighted by Crippen LogP contribution is -1.97. The number of aromatic nitrogens is 3. The van der Waals surface area contributed by atoms with E-state index in [1.807, 2.05) is 13.1 Å². The Labute approximate surface area is 75.2 Å². The standard InChI is InChI=1S/C9H9N3O/c1-6(13)9-7-5-11-12(2)8(7)3-4-10-9/h3-5H,1-2H3. The topological polar surface area (TPSA) is 47.8 Å². The zero-order chi connectivity index (χ0) is 9.42. The van der Waals surface area contributed by atoms with Gasteiger partial charge in [-0.05, 0) is 6.07 Å². The number of ketones is 1. The summed E-state index contributed by atoms with van der Waals surface area (Å²) in [7, 11) is 1.84. The Morgan fingerprint density at radius 2 is 2.31 bits per heavy atom. The highest BCUT2D eigenvalue weighted by Gasteiger charge is 2.08. The number of Topliss-reactive ketones (excluding diaryl/α,β-unsaturated/α-hetero) is 1. The summed E-state index contributed by atoms with van der Waals surface area (Å²) in [5.41, 5.74) is 1.42. The van der Waals surface area contributed by atoms with Crippen LogP contribution in [0.15, 0.2) is 18.5 Å². The fourth-order valence-corrected chi connectivity index (χ4v) is 1.36. The highest BCUT2D eigenvalue weighted by atomic mass is 16.1. The van der Waals surface area contributed by atoms with Crippen molar-refractivity contribution in [1.82, 2.24) is 14.8 Å². The van der Waals surface area contributed by atoms with E-state index in [1.165, 1.54) is 6.92 Å². The first-order valence-corrected chi connectivity index (χ1v) is 3.98. The van der Waals surface area contributed by atoms with Gasteiger partial charge >= 0.3 is 0 Å². The normalized spacial score (nSPS) is 10.6. The van der Waals surface area contributed by atoms with Gasteiger partial charge in [-0.15, -0.1) is 0 Å². The summed E-state index contributed by atoms with van der Waals surface area (Å²) >= 11 is 0. The van der Waals surface area contributed by atoms with Crippen molar-refractivity contribution in [2.45, 2.75) is 6.92 Å². The number of hydrogen-bond donors (Lipinski definition) is 0.